The summed E-state index contributed by atoms with van der Waals surface area (Å²) in [6.07, 6.45) is 0. The van der Waals surface area contributed by atoms with Crippen molar-refractivity contribution in [3.8, 4) is 5.75 Å². The number of fused-ring (bicyclic) bond motifs is 1. The summed E-state index contributed by atoms with van der Waals surface area (Å²) < 4.78 is 5.28. The third-order valence-electron chi connectivity index (χ3n) is 2.27. The van der Waals surface area contributed by atoms with Gasteiger partial charge in [0.25, 0.3) is 5.91 Å². The number of benzene rings is 1. The monoisotopic (exact) mass is 192 g/mol. The largest absolute Gasteiger partial charge is 0.479 e. The number of nitrogen functional groups attached to an aromatic ring is 1. The number of carbonyl (C=O) groups is 1. The Morgan fingerprint density at radius 2 is 2.36 bits per heavy atom. The van der Waals surface area contributed by atoms with E-state index in [1.165, 1.54) is 0 Å². The molecule has 0 saturated carbocycles. The molecule has 2 N–H and O–H groups in total. The van der Waals surface area contributed by atoms with E-state index in [9.17, 15) is 4.79 Å². The zero-order valence-corrected chi connectivity index (χ0v) is 7.99. The van der Waals surface area contributed by atoms with E-state index >= 15 is 0 Å². The van der Waals surface area contributed by atoms with Crippen LogP contribution >= 0.6 is 0 Å². The van der Waals surface area contributed by atoms with E-state index in [4.69, 9.17) is 10.5 Å². The summed E-state index contributed by atoms with van der Waals surface area (Å²) >= 11 is 0. The van der Waals surface area contributed by atoms with Crippen LogP contribution < -0.4 is 15.4 Å². The lowest BCUT2D eigenvalue weighted by atomic mass is 10.2. The Morgan fingerprint density at radius 3 is 3.07 bits per heavy atom. The third-order valence-corrected chi connectivity index (χ3v) is 2.27. The minimum atomic E-state index is -0.0226. The molecule has 1 aliphatic heterocycles. The van der Waals surface area contributed by atoms with Gasteiger partial charge < -0.3 is 15.4 Å². The van der Waals surface area contributed by atoms with E-state index in [2.05, 4.69) is 0 Å². The van der Waals surface area contributed by atoms with Gasteiger partial charge in [0.1, 0.15) is 0 Å². The van der Waals surface area contributed by atoms with Crippen LogP contribution in [0.15, 0.2) is 18.2 Å². The van der Waals surface area contributed by atoms with E-state index in [1.54, 1.807) is 11.0 Å². The van der Waals surface area contributed by atoms with Gasteiger partial charge in [0.05, 0.1) is 11.4 Å². The number of hydrogen-bond acceptors (Lipinski definition) is 3. The number of amides is 1. The van der Waals surface area contributed by atoms with Gasteiger partial charge in [-0.1, -0.05) is 6.07 Å². The molecule has 1 heterocycles. The second-order valence-corrected chi connectivity index (χ2v) is 3.12. The smallest absolute Gasteiger partial charge is 0.265 e. The van der Waals surface area contributed by atoms with Gasteiger partial charge in [-0.3, -0.25) is 4.79 Å². The first-order valence-corrected chi connectivity index (χ1v) is 4.55. The molecule has 0 saturated heterocycles. The molecule has 0 spiro atoms. The van der Waals surface area contributed by atoms with Crippen molar-refractivity contribution in [2.45, 2.75) is 6.92 Å². The van der Waals surface area contributed by atoms with E-state index in [0.717, 1.165) is 5.69 Å². The maximum absolute atomic E-state index is 11.5. The molecular formula is C10H12N2O2. The van der Waals surface area contributed by atoms with Crippen LogP contribution in [0.3, 0.4) is 0 Å². The molecule has 1 aromatic carbocycles. The predicted octanol–water partition coefficient (Wildman–Crippen LogP) is 1.01. The van der Waals surface area contributed by atoms with Gasteiger partial charge in [-0.25, -0.2) is 0 Å². The topological polar surface area (TPSA) is 55.6 Å². The van der Waals surface area contributed by atoms with Gasteiger partial charge in [-0.2, -0.15) is 0 Å². The fourth-order valence-corrected chi connectivity index (χ4v) is 1.60. The number of ether oxygens (including phenoxy) is 1. The number of carbonyl (C=O) groups excluding carboxylic acids is 1. The Kier molecular flexibility index (Phi) is 2.04. The summed E-state index contributed by atoms with van der Waals surface area (Å²) in [7, 11) is 0. The molecule has 4 nitrogen and oxygen atoms in total. The van der Waals surface area contributed by atoms with Crippen molar-refractivity contribution in [1.82, 2.24) is 0 Å². The van der Waals surface area contributed by atoms with E-state index in [-0.39, 0.29) is 12.5 Å². The molecule has 14 heavy (non-hydrogen) atoms. The summed E-state index contributed by atoms with van der Waals surface area (Å²) in [6.45, 7) is 2.64. The van der Waals surface area contributed by atoms with Crippen molar-refractivity contribution in [2.24, 2.45) is 0 Å². The van der Waals surface area contributed by atoms with Gasteiger partial charge in [0.2, 0.25) is 0 Å². The highest BCUT2D eigenvalue weighted by molar-refractivity contribution is 5.99. The average Bonchev–Trinajstić information content (AvgIpc) is 2.18. The fraction of sp³-hybridized carbons (Fsp3) is 0.300. The lowest BCUT2D eigenvalue weighted by molar-refractivity contribution is -0.121. The summed E-state index contributed by atoms with van der Waals surface area (Å²) in [5.74, 6) is 0.597. The van der Waals surface area contributed by atoms with Crippen LogP contribution in [0.25, 0.3) is 0 Å². The number of para-hydroxylation sites is 1. The molecule has 74 valence electrons. The van der Waals surface area contributed by atoms with Gasteiger partial charge in [-0.05, 0) is 19.1 Å². The minimum Gasteiger partial charge on any atom is -0.479 e. The molecule has 4 heteroatoms. The van der Waals surface area contributed by atoms with Gasteiger partial charge in [0, 0.05) is 6.54 Å². The van der Waals surface area contributed by atoms with Crippen molar-refractivity contribution in [2.75, 3.05) is 23.8 Å². The highest BCUT2D eigenvalue weighted by Crippen LogP contribution is 2.36. The molecule has 0 aromatic heterocycles. The molecule has 1 aromatic rings. The number of nitrogens with zero attached hydrogens (tertiary/aromatic N) is 1. The summed E-state index contributed by atoms with van der Waals surface area (Å²) in [5, 5.41) is 0. The SMILES string of the molecule is CCN1C(=O)COc2c(N)cccc21. The number of anilines is 2. The maximum Gasteiger partial charge on any atom is 0.265 e. The lowest BCUT2D eigenvalue weighted by Gasteiger charge is -2.28. The number of nitrogens with two attached hydrogens (primary N) is 1. The predicted molar refractivity (Wildman–Crippen MR) is 54.4 cm³/mol. The summed E-state index contributed by atoms with van der Waals surface area (Å²) in [4.78, 5) is 13.1. The van der Waals surface area contributed by atoms with Crippen molar-refractivity contribution in [3.63, 3.8) is 0 Å². The van der Waals surface area contributed by atoms with Crippen LogP contribution in [-0.2, 0) is 4.79 Å². The number of hydrogen-bond donors (Lipinski definition) is 1. The Labute approximate surface area is 82.3 Å². The zero-order chi connectivity index (χ0) is 10.1. The van der Waals surface area contributed by atoms with Crippen molar-refractivity contribution >= 4 is 17.3 Å². The first-order valence-electron chi connectivity index (χ1n) is 4.55. The lowest BCUT2D eigenvalue weighted by Crippen LogP contribution is -2.38. The van der Waals surface area contributed by atoms with Crippen LogP contribution in [0.1, 0.15) is 6.92 Å². The standard InChI is InChI=1S/C10H12N2O2/c1-2-12-8-5-3-4-7(11)10(8)14-6-9(12)13/h3-5H,2,6,11H2,1H3. The molecule has 0 radical (unpaired) electrons. The summed E-state index contributed by atoms with van der Waals surface area (Å²) in [6, 6.07) is 5.42. The van der Waals surface area contributed by atoms with Gasteiger partial charge in [0.15, 0.2) is 12.4 Å². The minimum absolute atomic E-state index is 0.0226. The van der Waals surface area contributed by atoms with E-state index in [0.29, 0.717) is 18.0 Å². The first-order chi connectivity index (χ1) is 6.74. The normalized spacial score (nSPS) is 14.9. The Balaban J connectivity index is 2.52. The highest BCUT2D eigenvalue weighted by Gasteiger charge is 2.25. The third kappa shape index (κ3) is 1.19. The molecule has 2 rings (SSSR count). The van der Waals surface area contributed by atoms with Crippen LogP contribution in [-0.4, -0.2) is 19.1 Å². The Morgan fingerprint density at radius 1 is 1.57 bits per heavy atom. The van der Waals surface area contributed by atoms with Crippen LogP contribution in [0, 0.1) is 0 Å². The van der Waals surface area contributed by atoms with E-state index < -0.39 is 0 Å². The molecule has 1 aliphatic rings. The van der Waals surface area contributed by atoms with Gasteiger partial charge >= 0.3 is 0 Å². The molecule has 1 amide bonds. The highest BCUT2D eigenvalue weighted by atomic mass is 16.5. The summed E-state index contributed by atoms with van der Waals surface area (Å²) in [5.41, 5.74) is 7.09. The van der Waals surface area contributed by atoms with Gasteiger partial charge in [-0.15, -0.1) is 0 Å². The molecule has 0 fully saturated rings. The van der Waals surface area contributed by atoms with E-state index in [1.807, 2.05) is 19.1 Å². The molecule has 0 bridgehead atoms. The zero-order valence-electron chi connectivity index (χ0n) is 7.99. The molecule has 0 aliphatic carbocycles. The van der Waals surface area contributed by atoms with Crippen molar-refractivity contribution < 1.29 is 9.53 Å². The fourth-order valence-electron chi connectivity index (χ4n) is 1.60. The average molecular weight is 192 g/mol. The second-order valence-electron chi connectivity index (χ2n) is 3.12. The second kappa shape index (κ2) is 3.21. The van der Waals surface area contributed by atoms with Crippen molar-refractivity contribution in [3.05, 3.63) is 18.2 Å². The number of rotatable bonds is 1. The van der Waals surface area contributed by atoms with Crippen LogP contribution in [0.4, 0.5) is 11.4 Å². The van der Waals surface area contributed by atoms with Crippen LogP contribution in [0.2, 0.25) is 0 Å². The van der Waals surface area contributed by atoms with Crippen molar-refractivity contribution in [1.29, 1.82) is 0 Å². The quantitative estimate of drug-likeness (QED) is 0.676. The first kappa shape index (κ1) is 8.87. The molecule has 0 atom stereocenters. The number of likely N-dealkylation sites (N-methyl/N-ethyl adjacent to an activating group) is 1. The Hall–Kier alpha value is -1.71. The van der Waals surface area contributed by atoms with Crippen LogP contribution in [0.5, 0.6) is 5.75 Å². The molecular weight excluding hydrogens is 180 g/mol. The Bertz CT molecular complexity index is 376. The molecule has 0 unspecified atom stereocenters. The maximum atomic E-state index is 11.5.